The fourth-order valence-electron chi connectivity index (χ4n) is 1.83. The minimum atomic E-state index is -0.285. The van der Waals surface area contributed by atoms with Crippen molar-refractivity contribution in [1.29, 1.82) is 0 Å². The Labute approximate surface area is 96.2 Å². The maximum absolute atomic E-state index is 13.0. The minimum absolute atomic E-state index is 0.0521. The van der Waals surface area contributed by atoms with Gasteiger partial charge in [0.1, 0.15) is 5.82 Å². The largest absolute Gasteiger partial charge is 0.312 e. The number of carbonyl (C=O) groups is 1. The van der Waals surface area contributed by atoms with E-state index in [0.717, 1.165) is 17.7 Å². The number of amides is 1. The Morgan fingerprint density at radius 1 is 1.53 bits per heavy atom. The predicted molar refractivity (Wildman–Crippen MR) is 60.9 cm³/mol. The fourth-order valence-corrected chi connectivity index (χ4v) is 2.17. The molecule has 0 aromatic heterocycles. The van der Waals surface area contributed by atoms with Crippen LogP contribution in [0.5, 0.6) is 0 Å². The second-order valence-electron chi connectivity index (χ2n) is 3.51. The normalized spacial score (nSPS) is 14.1. The zero-order valence-electron chi connectivity index (χ0n) is 8.17. The van der Waals surface area contributed by atoms with Crippen molar-refractivity contribution in [3.63, 3.8) is 0 Å². The van der Waals surface area contributed by atoms with Crippen molar-refractivity contribution in [3.8, 4) is 0 Å². The Bertz CT molecular complexity index is 394. The third-order valence-corrected chi connectivity index (χ3v) is 2.95. The average molecular weight is 272 g/mol. The van der Waals surface area contributed by atoms with Crippen LogP contribution >= 0.6 is 15.9 Å². The van der Waals surface area contributed by atoms with Gasteiger partial charge in [0, 0.05) is 24.0 Å². The Hall–Kier alpha value is -0.900. The molecule has 0 unspecified atom stereocenters. The van der Waals surface area contributed by atoms with Crippen LogP contribution in [0.2, 0.25) is 0 Å². The first-order valence-corrected chi connectivity index (χ1v) is 5.99. The van der Waals surface area contributed by atoms with E-state index in [4.69, 9.17) is 0 Å². The molecule has 4 heteroatoms. The molecule has 1 amide bonds. The van der Waals surface area contributed by atoms with Gasteiger partial charge in [-0.3, -0.25) is 4.79 Å². The van der Waals surface area contributed by atoms with Crippen LogP contribution in [0.15, 0.2) is 18.2 Å². The molecule has 1 heterocycles. The molecule has 0 aliphatic carbocycles. The summed E-state index contributed by atoms with van der Waals surface area (Å²) >= 11 is 3.23. The van der Waals surface area contributed by atoms with Crippen molar-refractivity contribution < 1.29 is 9.18 Å². The molecule has 1 aliphatic rings. The number of anilines is 1. The number of benzene rings is 1. The summed E-state index contributed by atoms with van der Waals surface area (Å²) < 4.78 is 13.0. The van der Waals surface area contributed by atoms with Crippen molar-refractivity contribution in [3.05, 3.63) is 29.6 Å². The summed E-state index contributed by atoms with van der Waals surface area (Å²) in [5.41, 5.74) is 1.79. The van der Waals surface area contributed by atoms with Crippen LogP contribution in [0.1, 0.15) is 12.0 Å². The zero-order chi connectivity index (χ0) is 10.8. The van der Waals surface area contributed by atoms with Crippen molar-refractivity contribution in [2.75, 3.05) is 16.8 Å². The molecule has 1 aromatic carbocycles. The molecule has 15 heavy (non-hydrogen) atoms. The van der Waals surface area contributed by atoms with Crippen molar-refractivity contribution in [1.82, 2.24) is 0 Å². The number of halogens is 2. The van der Waals surface area contributed by atoms with Crippen molar-refractivity contribution >= 4 is 27.5 Å². The lowest BCUT2D eigenvalue weighted by atomic mass is 10.2. The molecule has 0 saturated heterocycles. The van der Waals surface area contributed by atoms with Gasteiger partial charge >= 0.3 is 0 Å². The van der Waals surface area contributed by atoms with E-state index < -0.39 is 0 Å². The highest BCUT2D eigenvalue weighted by Gasteiger charge is 2.24. The average Bonchev–Trinajstić information content (AvgIpc) is 2.60. The summed E-state index contributed by atoms with van der Waals surface area (Å²) in [5, 5.41) is 0.646. The quantitative estimate of drug-likeness (QED) is 0.757. The van der Waals surface area contributed by atoms with E-state index in [1.807, 2.05) is 0 Å². The Morgan fingerprint density at radius 3 is 3.07 bits per heavy atom. The molecule has 1 aliphatic heterocycles. The number of rotatable bonds is 2. The first kappa shape index (κ1) is 10.6. The van der Waals surface area contributed by atoms with Gasteiger partial charge in [0.2, 0.25) is 5.91 Å². The van der Waals surface area contributed by atoms with Gasteiger partial charge in [0.25, 0.3) is 0 Å². The molecule has 2 rings (SSSR count). The zero-order valence-corrected chi connectivity index (χ0v) is 9.76. The molecule has 0 radical (unpaired) electrons. The van der Waals surface area contributed by atoms with Gasteiger partial charge in [-0.25, -0.2) is 4.39 Å². The Kier molecular flexibility index (Phi) is 3.05. The van der Waals surface area contributed by atoms with Crippen LogP contribution in [-0.4, -0.2) is 17.8 Å². The van der Waals surface area contributed by atoms with Crippen LogP contribution < -0.4 is 4.90 Å². The first-order valence-electron chi connectivity index (χ1n) is 4.87. The summed E-state index contributed by atoms with van der Waals surface area (Å²) in [6, 6.07) is 4.64. The maximum Gasteiger partial charge on any atom is 0.227 e. The molecule has 0 spiro atoms. The van der Waals surface area contributed by atoms with Gasteiger partial charge in [0.05, 0.1) is 0 Å². The summed E-state index contributed by atoms with van der Waals surface area (Å²) in [5.74, 6) is -0.233. The second kappa shape index (κ2) is 4.31. The highest BCUT2D eigenvalue weighted by atomic mass is 79.9. The SMILES string of the molecule is O=C(CCBr)N1CCc2ccc(F)cc21. The van der Waals surface area contributed by atoms with E-state index in [9.17, 15) is 9.18 Å². The van der Waals surface area contributed by atoms with Gasteiger partial charge in [0.15, 0.2) is 0 Å². The predicted octanol–water partition coefficient (Wildman–Crippen LogP) is 2.50. The van der Waals surface area contributed by atoms with E-state index in [1.54, 1.807) is 11.0 Å². The summed E-state index contributed by atoms with van der Waals surface area (Å²) in [7, 11) is 0. The highest BCUT2D eigenvalue weighted by Crippen LogP contribution is 2.29. The summed E-state index contributed by atoms with van der Waals surface area (Å²) in [4.78, 5) is 13.4. The lowest BCUT2D eigenvalue weighted by molar-refractivity contribution is -0.118. The number of carbonyl (C=O) groups excluding carboxylic acids is 1. The molecule has 2 nitrogen and oxygen atoms in total. The fraction of sp³-hybridized carbons (Fsp3) is 0.364. The van der Waals surface area contributed by atoms with Crippen LogP contribution in [0.3, 0.4) is 0 Å². The second-order valence-corrected chi connectivity index (χ2v) is 4.30. The molecule has 1 aromatic rings. The van der Waals surface area contributed by atoms with Gasteiger partial charge in [-0.2, -0.15) is 0 Å². The lowest BCUT2D eigenvalue weighted by Crippen LogP contribution is -2.28. The van der Waals surface area contributed by atoms with Crippen molar-refractivity contribution in [2.24, 2.45) is 0 Å². The molecular weight excluding hydrogens is 261 g/mol. The van der Waals surface area contributed by atoms with E-state index in [2.05, 4.69) is 15.9 Å². The highest BCUT2D eigenvalue weighted by molar-refractivity contribution is 9.09. The topological polar surface area (TPSA) is 20.3 Å². The van der Waals surface area contributed by atoms with E-state index in [0.29, 0.717) is 18.3 Å². The lowest BCUT2D eigenvalue weighted by Gasteiger charge is -2.16. The molecule has 0 saturated carbocycles. The Balaban J connectivity index is 2.27. The molecular formula is C11H11BrFNO. The number of nitrogens with zero attached hydrogens (tertiary/aromatic N) is 1. The van der Waals surface area contributed by atoms with Gasteiger partial charge in [-0.15, -0.1) is 0 Å². The van der Waals surface area contributed by atoms with Crippen LogP contribution in [-0.2, 0) is 11.2 Å². The first-order chi connectivity index (χ1) is 7.22. The van der Waals surface area contributed by atoms with Crippen LogP contribution in [0.4, 0.5) is 10.1 Å². The summed E-state index contributed by atoms with van der Waals surface area (Å²) in [6.45, 7) is 0.671. The van der Waals surface area contributed by atoms with Crippen LogP contribution in [0.25, 0.3) is 0 Å². The van der Waals surface area contributed by atoms with E-state index in [1.165, 1.54) is 12.1 Å². The third-order valence-electron chi connectivity index (χ3n) is 2.55. The van der Waals surface area contributed by atoms with Crippen molar-refractivity contribution in [2.45, 2.75) is 12.8 Å². The molecule has 80 valence electrons. The van der Waals surface area contributed by atoms with Gasteiger partial charge in [-0.1, -0.05) is 22.0 Å². The van der Waals surface area contributed by atoms with Crippen LogP contribution in [0, 0.1) is 5.82 Å². The number of hydrogen-bond donors (Lipinski definition) is 0. The number of fused-ring (bicyclic) bond motifs is 1. The molecule has 0 fully saturated rings. The molecule has 0 N–H and O–H groups in total. The van der Waals surface area contributed by atoms with Gasteiger partial charge < -0.3 is 4.90 Å². The third kappa shape index (κ3) is 2.04. The monoisotopic (exact) mass is 271 g/mol. The maximum atomic E-state index is 13.0. The molecule has 0 bridgehead atoms. The minimum Gasteiger partial charge on any atom is -0.312 e. The molecule has 0 atom stereocenters. The van der Waals surface area contributed by atoms with E-state index >= 15 is 0 Å². The number of hydrogen-bond acceptors (Lipinski definition) is 1. The summed E-state index contributed by atoms with van der Waals surface area (Å²) in [6.07, 6.45) is 1.28. The number of alkyl halides is 1. The van der Waals surface area contributed by atoms with Gasteiger partial charge in [-0.05, 0) is 24.1 Å². The smallest absolute Gasteiger partial charge is 0.227 e. The Morgan fingerprint density at radius 2 is 2.33 bits per heavy atom. The standard InChI is InChI=1S/C11H11BrFNO/c12-5-3-11(15)14-6-4-8-1-2-9(13)7-10(8)14/h1-2,7H,3-6H2. The van der Waals surface area contributed by atoms with E-state index in [-0.39, 0.29) is 11.7 Å².